The molecule has 0 amide bonds. The fraction of sp³-hybridized carbons (Fsp3) is 0.831. The van der Waals surface area contributed by atoms with E-state index in [0.29, 0.717) is 19.3 Å². The molecule has 0 rings (SSSR count). The topological polar surface area (TPSA) is 78.9 Å². The molecule has 6 nitrogen and oxygen atoms in total. The molecule has 0 aliphatic rings. The maximum absolute atomic E-state index is 12.7. The van der Waals surface area contributed by atoms with Gasteiger partial charge in [-0.2, -0.15) is 0 Å². The number of unbranched alkanes of at least 4 members (excludes halogenated alkanes) is 38. The molecule has 71 heavy (non-hydrogen) atoms. The van der Waals surface area contributed by atoms with Crippen molar-refractivity contribution in [3.63, 3.8) is 0 Å². The number of carbonyl (C=O) groups excluding carboxylic acids is 3. The lowest BCUT2D eigenvalue weighted by molar-refractivity contribution is -0.167. The van der Waals surface area contributed by atoms with Crippen molar-refractivity contribution in [3.05, 3.63) is 48.6 Å². The first-order valence-corrected chi connectivity index (χ1v) is 31.1. The highest BCUT2D eigenvalue weighted by atomic mass is 16.6. The number of allylic oxidation sites excluding steroid dienone is 8. The van der Waals surface area contributed by atoms with Gasteiger partial charge in [0.05, 0.1) is 0 Å². The number of hydrogen-bond acceptors (Lipinski definition) is 6. The van der Waals surface area contributed by atoms with Crippen LogP contribution in [-0.2, 0) is 28.6 Å². The first-order chi connectivity index (χ1) is 35.0. The minimum absolute atomic E-state index is 0.0663. The lowest BCUT2D eigenvalue weighted by Gasteiger charge is -2.18. The van der Waals surface area contributed by atoms with Gasteiger partial charge in [0.15, 0.2) is 6.10 Å². The van der Waals surface area contributed by atoms with Gasteiger partial charge in [-0.1, -0.05) is 301 Å². The van der Waals surface area contributed by atoms with Gasteiger partial charge < -0.3 is 14.2 Å². The monoisotopic (exact) mass is 995 g/mol. The Morgan fingerprint density at radius 3 is 0.859 bits per heavy atom. The van der Waals surface area contributed by atoms with E-state index in [1.54, 1.807) is 0 Å². The van der Waals surface area contributed by atoms with Crippen molar-refractivity contribution in [1.82, 2.24) is 0 Å². The number of hydrogen-bond donors (Lipinski definition) is 0. The van der Waals surface area contributed by atoms with Gasteiger partial charge in [-0.3, -0.25) is 14.4 Å². The predicted octanol–water partition coefficient (Wildman–Crippen LogP) is 21.0. The van der Waals surface area contributed by atoms with Crippen LogP contribution in [-0.4, -0.2) is 37.2 Å². The van der Waals surface area contributed by atoms with Crippen LogP contribution in [0.3, 0.4) is 0 Å². The Hall–Kier alpha value is -2.63. The molecule has 0 aromatic rings. The van der Waals surface area contributed by atoms with Gasteiger partial charge in [-0.25, -0.2) is 0 Å². The molecule has 0 aromatic heterocycles. The molecule has 1 unspecified atom stereocenters. The van der Waals surface area contributed by atoms with Crippen molar-refractivity contribution in [2.45, 2.75) is 335 Å². The molecule has 6 heteroatoms. The van der Waals surface area contributed by atoms with Crippen molar-refractivity contribution in [2.75, 3.05) is 13.2 Å². The third-order valence-electron chi connectivity index (χ3n) is 13.8. The first-order valence-electron chi connectivity index (χ1n) is 31.1. The zero-order chi connectivity index (χ0) is 51.4. The van der Waals surface area contributed by atoms with Gasteiger partial charge in [-0.05, 0) is 57.8 Å². The minimum atomic E-state index is -0.763. The third-order valence-corrected chi connectivity index (χ3v) is 13.8. The molecular formula is C65H118O6. The SMILES string of the molecule is CC/C=C\C/C=C\C/C=C\C/C=C\CCCCCCCCCCCCCCCCCCCCCCCCC(=O)OCC(COC(=O)CCCCCCCC)OC(=O)CCCCCCCCCCCCCC. The molecule has 0 saturated carbocycles. The molecule has 0 saturated heterocycles. The smallest absolute Gasteiger partial charge is 0.306 e. The number of ether oxygens (including phenoxy) is 3. The molecule has 0 aromatic carbocycles. The molecule has 414 valence electrons. The highest BCUT2D eigenvalue weighted by Gasteiger charge is 2.19. The summed E-state index contributed by atoms with van der Waals surface area (Å²) in [6.07, 6.45) is 74.6. The van der Waals surface area contributed by atoms with E-state index in [-0.39, 0.29) is 31.1 Å². The Labute approximate surface area is 441 Å². The number of carbonyl (C=O) groups is 3. The van der Waals surface area contributed by atoms with Crippen LogP contribution in [0.4, 0.5) is 0 Å². The quantitative estimate of drug-likeness (QED) is 0.0261. The van der Waals surface area contributed by atoms with E-state index in [1.807, 2.05) is 0 Å². The second kappa shape index (κ2) is 59.9. The third kappa shape index (κ3) is 58.1. The van der Waals surface area contributed by atoms with Crippen molar-refractivity contribution in [1.29, 1.82) is 0 Å². The summed E-state index contributed by atoms with van der Waals surface area (Å²) in [4.78, 5) is 37.8. The fourth-order valence-electron chi connectivity index (χ4n) is 9.20. The van der Waals surface area contributed by atoms with Crippen LogP contribution in [0, 0.1) is 0 Å². The van der Waals surface area contributed by atoms with Crippen LogP contribution in [0.15, 0.2) is 48.6 Å². The van der Waals surface area contributed by atoms with Gasteiger partial charge >= 0.3 is 17.9 Å². The Morgan fingerprint density at radius 2 is 0.549 bits per heavy atom. The van der Waals surface area contributed by atoms with Gasteiger partial charge in [0.25, 0.3) is 0 Å². The highest BCUT2D eigenvalue weighted by molar-refractivity contribution is 5.71. The largest absolute Gasteiger partial charge is 0.462 e. The summed E-state index contributed by atoms with van der Waals surface area (Å²) < 4.78 is 16.8. The van der Waals surface area contributed by atoms with Gasteiger partial charge in [-0.15, -0.1) is 0 Å². The average Bonchev–Trinajstić information content (AvgIpc) is 3.37. The van der Waals surface area contributed by atoms with Crippen LogP contribution in [0.5, 0.6) is 0 Å². The van der Waals surface area contributed by atoms with Crippen molar-refractivity contribution in [3.8, 4) is 0 Å². The molecule has 0 N–H and O–H groups in total. The van der Waals surface area contributed by atoms with Crippen LogP contribution in [0.2, 0.25) is 0 Å². The van der Waals surface area contributed by atoms with Crippen molar-refractivity contribution >= 4 is 17.9 Å². The van der Waals surface area contributed by atoms with E-state index in [4.69, 9.17) is 14.2 Å². The molecule has 0 bridgehead atoms. The van der Waals surface area contributed by atoms with E-state index in [1.165, 1.54) is 205 Å². The second-order valence-corrected chi connectivity index (χ2v) is 21.0. The second-order valence-electron chi connectivity index (χ2n) is 21.0. The van der Waals surface area contributed by atoms with E-state index in [2.05, 4.69) is 69.4 Å². The summed E-state index contributed by atoms with van der Waals surface area (Å²) in [6.45, 7) is 6.50. The summed E-state index contributed by atoms with van der Waals surface area (Å²) in [7, 11) is 0. The van der Waals surface area contributed by atoms with E-state index in [9.17, 15) is 14.4 Å². The maximum Gasteiger partial charge on any atom is 0.306 e. The highest BCUT2D eigenvalue weighted by Crippen LogP contribution is 2.18. The van der Waals surface area contributed by atoms with Crippen molar-refractivity contribution in [2.24, 2.45) is 0 Å². The lowest BCUT2D eigenvalue weighted by atomic mass is 10.0. The summed E-state index contributed by atoms with van der Waals surface area (Å²) in [5, 5.41) is 0. The normalized spacial score (nSPS) is 12.3. The zero-order valence-electron chi connectivity index (χ0n) is 47.5. The molecular weight excluding hydrogens is 877 g/mol. The average molecular weight is 996 g/mol. The lowest BCUT2D eigenvalue weighted by Crippen LogP contribution is -2.30. The van der Waals surface area contributed by atoms with E-state index < -0.39 is 6.10 Å². The summed E-state index contributed by atoms with van der Waals surface area (Å²) in [5.74, 6) is -0.859. The minimum Gasteiger partial charge on any atom is -0.462 e. The maximum atomic E-state index is 12.7. The van der Waals surface area contributed by atoms with E-state index in [0.717, 1.165) is 83.5 Å². The first kappa shape index (κ1) is 68.4. The standard InChI is InChI=1S/C65H118O6/c1-4-7-10-13-16-18-20-22-23-24-25-26-27-28-29-30-31-32-33-34-35-36-37-38-39-40-41-42-43-44-46-47-49-52-55-58-64(67)70-61-62(60-69-63(66)57-54-51-15-12-9-6-3)71-65(68)59-56-53-50-48-45-21-19-17-14-11-8-5-2/h7,10,16,18,22-23,25-26,62H,4-6,8-9,11-15,17,19-21,24,27-61H2,1-3H3/b10-7-,18-16-,23-22-,26-25-. The molecule has 1 atom stereocenters. The Morgan fingerprint density at radius 1 is 0.296 bits per heavy atom. The molecule has 0 spiro atoms. The Bertz CT molecular complexity index is 1230. The van der Waals surface area contributed by atoms with Crippen LogP contribution >= 0.6 is 0 Å². The van der Waals surface area contributed by atoms with E-state index >= 15 is 0 Å². The molecule has 0 fully saturated rings. The van der Waals surface area contributed by atoms with Gasteiger partial charge in [0.2, 0.25) is 0 Å². The van der Waals surface area contributed by atoms with Gasteiger partial charge in [0.1, 0.15) is 13.2 Å². The molecule has 0 aliphatic heterocycles. The van der Waals surface area contributed by atoms with Crippen LogP contribution in [0.1, 0.15) is 329 Å². The summed E-state index contributed by atoms with van der Waals surface area (Å²) in [5.41, 5.74) is 0. The van der Waals surface area contributed by atoms with Gasteiger partial charge in [0, 0.05) is 19.3 Å². The Balaban J connectivity index is 3.85. The number of rotatable bonds is 57. The van der Waals surface area contributed by atoms with Crippen molar-refractivity contribution < 1.29 is 28.6 Å². The fourth-order valence-corrected chi connectivity index (χ4v) is 9.20. The zero-order valence-corrected chi connectivity index (χ0v) is 47.5. The Kier molecular flexibility index (Phi) is 57.7. The predicted molar refractivity (Wildman–Crippen MR) is 307 cm³/mol. The molecule has 0 aliphatic carbocycles. The summed E-state index contributed by atoms with van der Waals surface area (Å²) in [6, 6.07) is 0. The molecule has 0 heterocycles. The van der Waals surface area contributed by atoms with Crippen LogP contribution < -0.4 is 0 Å². The summed E-state index contributed by atoms with van der Waals surface area (Å²) >= 11 is 0. The van der Waals surface area contributed by atoms with Crippen LogP contribution in [0.25, 0.3) is 0 Å². The number of esters is 3. The molecule has 0 radical (unpaired) electrons.